The summed E-state index contributed by atoms with van der Waals surface area (Å²) in [7, 11) is 0.420. The molecule has 132 valence electrons. The molecular formula is C15H21N3O4S2. The normalized spacial score (nSPS) is 10.7. The number of methoxy groups -OCH3 is 1. The van der Waals surface area contributed by atoms with Crippen LogP contribution in [0, 0.1) is 0 Å². The van der Waals surface area contributed by atoms with Crippen molar-refractivity contribution in [1.82, 2.24) is 10.6 Å². The van der Waals surface area contributed by atoms with E-state index in [4.69, 9.17) is 17.0 Å². The van der Waals surface area contributed by atoms with E-state index in [9.17, 15) is 13.2 Å². The number of thiocarbonyl (C=S) groups is 1. The van der Waals surface area contributed by atoms with Gasteiger partial charge in [0.05, 0.1) is 12.5 Å². The van der Waals surface area contributed by atoms with Crippen LogP contribution in [0.15, 0.2) is 22.6 Å². The van der Waals surface area contributed by atoms with Crippen molar-refractivity contribution < 1.29 is 17.9 Å². The van der Waals surface area contributed by atoms with E-state index in [1.165, 1.54) is 7.11 Å². The molecule has 0 radical (unpaired) electrons. The maximum atomic E-state index is 12.8. The van der Waals surface area contributed by atoms with E-state index in [1.54, 1.807) is 25.2 Å². The van der Waals surface area contributed by atoms with Crippen LogP contribution in [-0.2, 0) is 20.7 Å². The molecule has 0 saturated carbocycles. The van der Waals surface area contributed by atoms with Gasteiger partial charge in [0.1, 0.15) is 11.4 Å². The molecule has 0 atom stereocenters. The third kappa shape index (κ3) is 4.30. The van der Waals surface area contributed by atoms with Crippen molar-refractivity contribution >= 4 is 39.4 Å². The lowest BCUT2D eigenvalue weighted by atomic mass is 9.75. The molecule has 9 heteroatoms. The second kappa shape index (κ2) is 8.74. The van der Waals surface area contributed by atoms with Gasteiger partial charge in [-0.05, 0) is 42.8 Å². The van der Waals surface area contributed by atoms with Crippen LogP contribution in [0.2, 0.25) is 0 Å². The van der Waals surface area contributed by atoms with Crippen LogP contribution in [0.3, 0.4) is 0 Å². The summed E-state index contributed by atoms with van der Waals surface area (Å²) in [4.78, 5) is 12.8. The zero-order valence-corrected chi connectivity index (χ0v) is 15.7. The van der Waals surface area contributed by atoms with Crippen LogP contribution < -0.4 is 15.4 Å². The Balaban J connectivity index is 3.47. The van der Waals surface area contributed by atoms with Gasteiger partial charge in [0.15, 0.2) is 5.11 Å². The second-order valence-corrected chi connectivity index (χ2v) is 6.04. The molecule has 2 N–H and O–H groups in total. The zero-order valence-electron chi connectivity index (χ0n) is 14.0. The highest BCUT2D eigenvalue weighted by atomic mass is 32.2. The van der Waals surface area contributed by atoms with Gasteiger partial charge in [0, 0.05) is 7.05 Å². The van der Waals surface area contributed by atoms with Gasteiger partial charge in [0.2, 0.25) is 5.91 Å². The first-order valence-electron chi connectivity index (χ1n) is 7.37. The predicted octanol–water partition coefficient (Wildman–Crippen LogP) is 2.07. The molecule has 0 aliphatic carbocycles. The fraction of sp³-hybridized carbons (Fsp3) is 0.467. The molecule has 0 spiro atoms. The molecule has 0 heterocycles. The molecule has 0 aliphatic rings. The first-order chi connectivity index (χ1) is 11.3. The molecule has 0 fully saturated rings. The number of hydrogen-bond acceptors (Lipinski definition) is 6. The maximum Gasteiger partial charge on any atom is 0.316 e. The standard InChI is InChI=1S/C15H21N3O4S2/c1-5-15(6-2,13(19)17-14(23)16-3)10-7-8-12(22-4)11(9-10)18-24(20)21/h7-9H,5-6H2,1-4H3,(H2,16,17,19,23). The van der Waals surface area contributed by atoms with Crippen LogP contribution in [-0.4, -0.2) is 33.6 Å². The Kier molecular flexibility index (Phi) is 7.30. The number of nitrogens with zero attached hydrogens (tertiary/aromatic N) is 1. The van der Waals surface area contributed by atoms with Crippen molar-refractivity contribution in [2.24, 2.45) is 4.36 Å². The van der Waals surface area contributed by atoms with Crippen LogP contribution in [0.25, 0.3) is 0 Å². The molecule has 0 bridgehead atoms. The molecule has 1 aromatic rings. The number of benzene rings is 1. The van der Waals surface area contributed by atoms with E-state index in [2.05, 4.69) is 15.0 Å². The zero-order chi connectivity index (χ0) is 18.3. The minimum Gasteiger partial charge on any atom is -0.494 e. The molecule has 0 unspecified atom stereocenters. The summed E-state index contributed by atoms with van der Waals surface area (Å²) in [6.07, 6.45) is 1.02. The van der Waals surface area contributed by atoms with Crippen LogP contribution in [0.1, 0.15) is 32.3 Å². The molecule has 0 aliphatic heterocycles. The largest absolute Gasteiger partial charge is 0.494 e. The SMILES string of the molecule is CCC(CC)(C(=O)NC(=S)NC)c1ccc(OC)c(N=S(=O)=O)c1. The summed E-state index contributed by atoms with van der Waals surface area (Å²) < 4.78 is 30.5. The minimum atomic E-state index is -2.62. The van der Waals surface area contributed by atoms with Crippen molar-refractivity contribution in [2.75, 3.05) is 14.2 Å². The Labute approximate surface area is 148 Å². The molecule has 1 rings (SSSR count). The lowest BCUT2D eigenvalue weighted by Gasteiger charge is -2.31. The minimum absolute atomic E-state index is 0.151. The summed E-state index contributed by atoms with van der Waals surface area (Å²) in [5.41, 5.74) is -0.0607. The van der Waals surface area contributed by atoms with Crippen LogP contribution in [0.5, 0.6) is 5.75 Å². The van der Waals surface area contributed by atoms with Crippen LogP contribution >= 0.6 is 12.2 Å². The number of carbonyl (C=O) groups excluding carboxylic acids is 1. The Bertz CT molecular complexity index is 748. The Morgan fingerprint density at radius 3 is 2.42 bits per heavy atom. The molecule has 1 aromatic carbocycles. The summed E-state index contributed by atoms with van der Waals surface area (Å²) in [5, 5.41) is 5.59. The molecular weight excluding hydrogens is 350 g/mol. The maximum absolute atomic E-state index is 12.8. The van der Waals surface area contributed by atoms with Crippen molar-refractivity contribution in [2.45, 2.75) is 32.1 Å². The monoisotopic (exact) mass is 371 g/mol. The summed E-state index contributed by atoms with van der Waals surface area (Å²) in [6, 6.07) is 4.90. The van der Waals surface area contributed by atoms with Crippen molar-refractivity contribution in [3.8, 4) is 5.75 Å². The summed E-state index contributed by atoms with van der Waals surface area (Å²) >= 11 is 5.01. The highest BCUT2D eigenvalue weighted by Crippen LogP contribution is 2.37. The second-order valence-electron chi connectivity index (χ2n) is 5.02. The molecule has 0 aromatic heterocycles. The Hall–Kier alpha value is -2.00. The van der Waals surface area contributed by atoms with Gasteiger partial charge in [-0.3, -0.25) is 4.79 Å². The van der Waals surface area contributed by atoms with Gasteiger partial charge in [-0.15, -0.1) is 4.36 Å². The fourth-order valence-corrected chi connectivity index (χ4v) is 2.93. The highest BCUT2D eigenvalue weighted by molar-refractivity contribution is 7.80. The lowest BCUT2D eigenvalue weighted by molar-refractivity contribution is -0.125. The fourth-order valence-electron chi connectivity index (χ4n) is 2.54. The lowest BCUT2D eigenvalue weighted by Crippen LogP contribution is -2.48. The third-order valence-corrected chi connectivity index (χ3v) is 4.65. The van der Waals surface area contributed by atoms with Crippen molar-refractivity contribution in [3.05, 3.63) is 23.8 Å². The topological polar surface area (TPSA) is 96.9 Å². The van der Waals surface area contributed by atoms with E-state index >= 15 is 0 Å². The van der Waals surface area contributed by atoms with E-state index in [0.29, 0.717) is 24.2 Å². The van der Waals surface area contributed by atoms with Crippen molar-refractivity contribution in [3.63, 3.8) is 0 Å². The van der Waals surface area contributed by atoms with E-state index < -0.39 is 15.9 Å². The van der Waals surface area contributed by atoms with Gasteiger partial charge in [-0.2, -0.15) is 8.42 Å². The molecule has 7 nitrogen and oxygen atoms in total. The Morgan fingerprint density at radius 2 is 1.96 bits per heavy atom. The third-order valence-electron chi connectivity index (χ3n) is 4.00. The van der Waals surface area contributed by atoms with E-state index in [0.717, 1.165) is 0 Å². The van der Waals surface area contributed by atoms with Crippen LogP contribution in [0.4, 0.5) is 5.69 Å². The average Bonchev–Trinajstić information content (AvgIpc) is 2.56. The van der Waals surface area contributed by atoms with Gasteiger partial charge < -0.3 is 15.4 Å². The smallest absolute Gasteiger partial charge is 0.316 e. The first kappa shape index (κ1) is 20.0. The summed E-state index contributed by atoms with van der Waals surface area (Å²) in [5.74, 6) is 0.0569. The number of carbonyl (C=O) groups is 1. The molecule has 0 saturated heterocycles. The van der Waals surface area contributed by atoms with Crippen molar-refractivity contribution in [1.29, 1.82) is 0 Å². The number of ether oxygens (including phenoxy) is 1. The van der Waals surface area contributed by atoms with Gasteiger partial charge in [0.25, 0.3) is 0 Å². The summed E-state index contributed by atoms with van der Waals surface area (Å²) in [6.45, 7) is 3.77. The molecule has 1 amide bonds. The average molecular weight is 371 g/mol. The van der Waals surface area contributed by atoms with E-state index in [-0.39, 0.29) is 16.7 Å². The predicted molar refractivity (Wildman–Crippen MR) is 96.1 cm³/mol. The number of hydrogen-bond donors (Lipinski definition) is 2. The number of amides is 1. The highest BCUT2D eigenvalue weighted by Gasteiger charge is 2.37. The first-order valence-corrected chi connectivity index (χ1v) is 8.81. The van der Waals surface area contributed by atoms with E-state index in [1.807, 2.05) is 13.8 Å². The quantitative estimate of drug-likeness (QED) is 0.743. The van der Waals surface area contributed by atoms with Gasteiger partial charge >= 0.3 is 10.5 Å². The number of rotatable bonds is 6. The Morgan fingerprint density at radius 1 is 1.33 bits per heavy atom. The van der Waals surface area contributed by atoms with Gasteiger partial charge in [-0.1, -0.05) is 19.9 Å². The van der Waals surface area contributed by atoms with Gasteiger partial charge in [-0.25, -0.2) is 0 Å². The number of nitrogens with one attached hydrogen (secondary N) is 2. The molecule has 24 heavy (non-hydrogen) atoms.